The van der Waals surface area contributed by atoms with Gasteiger partial charge in [0.25, 0.3) is 0 Å². The van der Waals surface area contributed by atoms with Crippen molar-refractivity contribution in [1.29, 1.82) is 0 Å². The fourth-order valence-corrected chi connectivity index (χ4v) is 1.46. The van der Waals surface area contributed by atoms with Crippen LogP contribution in [0.2, 0.25) is 5.15 Å². The fourth-order valence-electron chi connectivity index (χ4n) is 1.23. The first-order valence-corrected chi connectivity index (χ1v) is 4.80. The lowest BCUT2D eigenvalue weighted by atomic mass is 10.00. The van der Waals surface area contributed by atoms with Gasteiger partial charge in [-0.3, -0.25) is 4.79 Å². The molecule has 0 aliphatic rings. The minimum absolute atomic E-state index is 0.239. The van der Waals surface area contributed by atoms with Crippen molar-refractivity contribution in [3.05, 3.63) is 28.5 Å². The lowest BCUT2D eigenvalue weighted by Gasteiger charge is -2.14. The van der Waals surface area contributed by atoms with Gasteiger partial charge in [-0.05, 0) is 6.07 Å². The summed E-state index contributed by atoms with van der Waals surface area (Å²) in [7, 11) is 0. The number of aliphatic carboxylic acids is 1. The maximum Gasteiger partial charge on any atom is 0.417 e. The van der Waals surface area contributed by atoms with E-state index in [9.17, 15) is 18.0 Å². The van der Waals surface area contributed by atoms with Crippen molar-refractivity contribution in [2.24, 2.45) is 5.73 Å². The molecule has 17 heavy (non-hydrogen) atoms. The highest BCUT2D eigenvalue weighted by Crippen LogP contribution is 2.32. The minimum Gasteiger partial charge on any atom is -0.481 e. The third kappa shape index (κ3) is 3.07. The molecule has 1 aromatic rings. The van der Waals surface area contributed by atoms with Gasteiger partial charge in [0.15, 0.2) is 0 Å². The Kier molecular flexibility index (Phi) is 3.94. The molecule has 0 amide bonds. The molecule has 0 aliphatic heterocycles. The third-order valence-corrected chi connectivity index (χ3v) is 2.42. The highest BCUT2D eigenvalue weighted by molar-refractivity contribution is 6.30. The van der Waals surface area contributed by atoms with E-state index < -0.39 is 23.6 Å². The molecule has 8 heteroatoms. The van der Waals surface area contributed by atoms with Crippen LogP contribution in [-0.2, 0) is 11.0 Å². The zero-order valence-electron chi connectivity index (χ0n) is 8.33. The highest BCUT2D eigenvalue weighted by Gasteiger charge is 2.33. The number of nitrogens with zero attached hydrogens (tertiary/aromatic N) is 1. The molecule has 1 rings (SSSR count). The van der Waals surface area contributed by atoms with Crippen molar-refractivity contribution in [3.8, 4) is 0 Å². The van der Waals surface area contributed by atoms with Gasteiger partial charge in [0, 0.05) is 18.3 Å². The molecule has 0 saturated carbocycles. The lowest BCUT2D eigenvalue weighted by Crippen LogP contribution is -2.22. The number of pyridine rings is 1. The van der Waals surface area contributed by atoms with Gasteiger partial charge in [-0.25, -0.2) is 4.98 Å². The lowest BCUT2D eigenvalue weighted by molar-refractivity contribution is -0.140. The zero-order valence-corrected chi connectivity index (χ0v) is 9.09. The number of aromatic nitrogens is 1. The Labute approximate surface area is 99.2 Å². The van der Waals surface area contributed by atoms with Gasteiger partial charge in [-0.2, -0.15) is 13.2 Å². The number of nitrogens with two attached hydrogens (primary N) is 1. The predicted molar refractivity (Wildman–Crippen MR) is 53.7 cm³/mol. The van der Waals surface area contributed by atoms with Crippen molar-refractivity contribution in [2.75, 3.05) is 6.54 Å². The molecule has 0 aliphatic carbocycles. The average molecular weight is 269 g/mol. The Morgan fingerprint density at radius 3 is 2.59 bits per heavy atom. The van der Waals surface area contributed by atoms with Crippen LogP contribution in [0.4, 0.5) is 13.2 Å². The summed E-state index contributed by atoms with van der Waals surface area (Å²) in [6.45, 7) is -0.363. The van der Waals surface area contributed by atoms with Crippen LogP contribution in [0.15, 0.2) is 12.3 Å². The molecule has 0 spiro atoms. The first kappa shape index (κ1) is 13.7. The second-order valence-electron chi connectivity index (χ2n) is 3.23. The Morgan fingerprint density at radius 2 is 2.18 bits per heavy atom. The van der Waals surface area contributed by atoms with Crippen LogP contribution >= 0.6 is 11.6 Å². The van der Waals surface area contributed by atoms with E-state index in [1.165, 1.54) is 0 Å². The summed E-state index contributed by atoms with van der Waals surface area (Å²) >= 11 is 5.57. The smallest absolute Gasteiger partial charge is 0.417 e. The van der Waals surface area contributed by atoms with E-state index in [4.69, 9.17) is 22.4 Å². The summed E-state index contributed by atoms with van der Waals surface area (Å²) in [5.74, 6) is -2.66. The van der Waals surface area contributed by atoms with E-state index >= 15 is 0 Å². The molecule has 3 N–H and O–H groups in total. The summed E-state index contributed by atoms with van der Waals surface area (Å²) < 4.78 is 37.2. The van der Waals surface area contributed by atoms with Crippen molar-refractivity contribution < 1.29 is 23.1 Å². The van der Waals surface area contributed by atoms with Crippen molar-refractivity contribution in [2.45, 2.75) is 12.1 Å². The molecule has 1 atom stereocenters. The van der Waals surface area contributed by atoms with Gasteiger partial charge in [-0.1, -0.05) is 11.6 Å². The van der Waals surface area contributed by atoms with Crippen LogP contribution in [0, 0.1) is 0 Å². The molecule has 0 saturated heterocycles. The summed E-state index contributed by atoms with van der Waals surface area (Å²) in [6, 6.07) is 0.654. The van der Waals surface area contributed by atoms with Crippen LogP contribution < -0.4 is 5.73 Å². The number of halogens is 4. The van der Waals surface area contributed by atoms with Gasteiger partial charge in [0.2, 0.25) is 0 Å². The number of hydrogen-bond acceptors (Lipinski definition) is 3. The third-order valence-electron chi connectivity index (χ3n) is 2.10. The number of carbonyl (C=O) groups is 1. The second kappa shape index (κ2) is 4.89. The number of alkyl halides is 3. The van der Waals surface area contributed by atoms with Crippen LogP contribution in [0.3, 0.4) is 0 Å². The summed E-state index contributed by atoms with van der Waals surface area (Å²) in [6.07, 6.45) is -4.06. The number of carboxylic acids is 1. The second-order valence-corrected chi connectivity index (χ2v) is 3.59. The SMILES string of the molecule is NCC(C(=O)O)c1cc(C(F)(F)F)cnc1Cl. The largest absolute Gasteiger partial charge is 0.481 e. The molecule has 94 valence electrons. The predicted octanol–water partition coefficient (Wildman–Crippen LogP) is 1.88. The zero-order chi connectivity index (χ0) is 13.2. The van der Waals surface area contributed by atoms with E-state index in [0.29, 0.717) is 12.3 Å². The Bertz CT molecular complexity index is 437. The average Bonchev–Trinajstić information content (AvgIpc) is 2.19. The quantitative estimate of drug-likeness (QED) is 0.821. The molecule has 0 aromatic carbocycles. The summed E-state index contributed by atoms with van der Waals surface area (Å²) in [5.41, 5.74) is 3.89. The van der Waals surface area contributed by atoms with E-state index in [2.05, 4.69) is 4.98 Å². The Morgan fingerprint density at radius 1 is 1.59 bits per heavy atom. The molecule has 4 nitrogen and oxygen atoms in total. The first-order chi connectivity index (χ1) is 7.77. The molecule has 0 bridgehead atoms. The van der Waals surface area contributed by atoms with E-state index in [-0.39, 0.29) is 17.3 Å². The minimum atomic E-state index is -4.61. The maximum absolute atomic E-state index is 12.4. The molecule has 1 unspecified atom stereocenters. The van der Waals surface area contributed by atoms with E-state index in [1.807, 2.05) is 0 Å². The van der Waals surface area contributed by atoms with Gasteiger partial charge in [0.05, 0.1) is 11.5 Å². The Balaban J connectivity index is 3.28. The van der Waals surface area contributed by atoms with Gasteiger partial charge in [-0.15, -0.1) is 0 Å². The van der Waals surface area contributed by atoms with Crippen LogP contribution in [0.1, 0.15) is 17.0 Å². The van der Waals surface area contributed by atoms with Gasteiger partial charge in [0.1, 0.15) is 5.15 Å². The monoisotopic (exact) mass is 268 g/mol. The molecule has 0 radical (unpaired) electrons. The molecular formula is C9H8ClF3N2O2. The van der Waals surface area contributed by atoms with Crippen molar-refractivity contribution in [3.63, 3.8) is 0 Å². The number of rotatable bonds is 3. The Hall–Kier alpha value is -1.34. The van der Waals surface area contributed by atoms with Crippen molar-refractivity contribution >= 4 is 17.6 Å². The number of hydrogen-bond donors (Lipinski definition) is 2. The van der Waals surface area contributed by atoms with Gasteiger partial charge < -0.3 is 10.8 Å². The number of carboxylic acid groups (broad SMARTS) is 1. The van der Waals surface area contributed by atoms with Crippen LogP contribution in [0.5, 0.6) is 0 Å². The fraction of sp³-hybridized carbons (Fsp3) is 0.333. The maximum atomic E-state index is 12.4. The highest BCUT2D eigenvalue weighted by atomic mass is 35.5. The molecule has 0 fully saturated rings. The normalized spacial score (nSPS) is 13.5. The van der Waals surface area contributed by atoms with Crippen LogP contribution in [-0.4, -0.2) is 22.6 Å². The van der Waals surface area contributed by atoms with E-state index in [1.54, 1.807) is 0 Å². The standard InChI is InChI=1S/C9H8ClF3N2O2/c10-7-5(6(2-14)8(16)17)1-4(3-15-7)9(11,12)13/h1,3,6H,2,14H2,(H,16,17). The summed E-state index contributed by atoms with van der Waals surface area (Å²) in [4.78, 5) is 14.1. The summed E-state index contributed by atoms with van der Waals surface area (Å²) in [5, 5.41) is 8.50. The van der Waals surface area contributed by atoms with Crippen molar-refractivity contribution in [1.82, 2.24) is 4.98 Å². The molecular weight excluding hydrogens is 261 g/mol. The molecule has 1 heterocycles. The topological polar surface area (TPSA) is 76.2 Å². The first-order valence-electron chi connectivity index (χ1n) is 4.43. The molecule has 1 aromatic heterocycles. The van der Waals surface area contributed by atoms with Gasteiger partial charge >= 0.3 is 12.1 Å². The van der Waals surface area contributed by atoms with E-state index in [0.717, 1.165) is 0 Å². The van der Waals surface area contributed by atoms with Crippen LogP contribution in [0.25, 0.3) is 0 Å².